The highest BCUT2D eigenvalue weighted by molar-refractivity contribution is 6.23. The van der Waals surface area contributed by atoms with Gasteiger partial charge in [0.2, 0.25) is 0 Å². The standard InChI is InChI=1S/C27H35N3/c1-3-14-28-15-16-29-17-19-30(18-4-2)20-24-11-10-23-9-8-21-6-5-7-22-12-13-25(24)27(23)26(21)22/h5-13,28-29H,3-4,14-20H2,1-2H3. The fourth-order valence-corrected chi connectivity index (χ4v) is 4.60. The van der Waals surface area contributed by atoms with Gasteiger partial charge in [-0.05, 0) is 63.8 Å². The summed E-state index contributed by atoms with van der Waals surface area (Å²) >= 11 is 0. The molecule has 0 bridgehead atoms. The van der Waals surface area contributed by atoms with Crippen molar-refractivity contribution in [1.29, 1.82) is 0 Å². The number of hydrogen-bond donors (Lipinski definition) is 2. The van der Waals surface area contributed by atoms with Crippen molar-refractivity contribution in [1.82, 2.24) is 15.5 Å². The van der Waals surface area contributed by atoms with Gasteiger partial charge in [-0.3, -0.25) is 4.90 Å². The SMILES string of the molecule is CCCNCCNCCN(CCC)Cc1ccc2ccc3cccc4ccc1c2c34. The van der Waals surface area contributed by atoms with Gasteiger partial charge in [-0.2, -0.15) is 0 Å². The van der Waals surface area contributed by atoms with Crippen molar-refractivity contribution >= 4 is 32.3 Å². The van der Waals surface area contributed by atoms with Crippen molar-refractivity contribution in [3.63, 3.8) is 0 Å². The molecule has 0 aromatic heterocycles. The van der Waals surface area contributed by atoms with Crippen LogP contribution >= 0.6 is 0 Å². The molecule has 4 aromatic rings. The highest BCUT2D eigenvalue weighted by Crippen LogP contribution is 2.36. The largest absolute Gasteiger partial charge is 0.315 e. The molecule has 0 amide bonds. The summed E-state index contributed by atoms with van der Waals surface area (Å²) in [6.45, 7) is 12.0. The van der Waals surface area contributed by atoms with E-state index < -0.39 is 0 Å². The zero-order valence-corrected chi connectivity index (χ0v) is 18.5. The average Bonchev–Trinajstić information content (AvgIpc) is 2.78. The summed E-state index contributed by atoms with van der Waals surface area (Å²) in [4.78, 5) is 2.60. The highest BCUT2D eigenvalue weighted by Gasteiger charge is 2.13. The smallest absolute Gasteiger partial charge is 0.0240 e. The van der Waals surface area contributed by atoms with Gasteiger partial charge in [0, 0.05) is 32.7 Å². The molecule has 0 aliphatic heterocycles. The summed E-state index contributed by atoms with van der Waals surface area (Å²) in [6, 6.07) is 20.4. The Hall–Kier alpha value is -2.20. The lowest BCUT2D eigenvalue weighted by Crippen LogP contribution is -2.35. The van der Waals surface area contributed by atoms with Crippen LogP contribution in [-0.2, 0) is 6.54 Å². The molecule has 0 radical (unpaired) electrons. The topological polar surface area (TPSA) is 27.3 Å². The molecule has 3 heteroatoms. The summed E-state index contributed by atoms with van der Waals surface area (Å²) in [5, 5.41) is 15.3. The van der Waals surface area contributed by atoms with Crippen molar-refractivity contribution in [2.75, 3.05) is 39.3 Å². The minimum atomic E-state index is 1.01. The fourth-order valence-electron chi connectivity index (χ4n) is 4.60. The van der Waals surface area contributed by atoms with E-state index in [1.54, 1.807) is 0 Å². The first kappa shape index (κ1) is 21.0. The third kappa shape index (κ3) is 4.59. The fraction of sp³-hybridized carbons (Fsp3) is 0.407. The number of rotatable bonds is 12. The Bertz CT molecular complexity index is 1060. The Labute approximate surface area is 180 Å². The lowest BCUT2D eigenvalue weighted by Gasteiger charge is -2.23. The first-order valence-corrected chi connectivity index (χ1v) is 11.6. The number of nitrogens with one attached hydrogen (secondary N) is 2. The van der Waals surface area contributed by atoms with Gasteiger partial charge in [-0.25, -0.2) is 0 Å². The third-order valence-corrected chi connectivity index (χ3v) is 6.06. The van der Waals surface area contributed by atoms with Crippen LogP contribution in [0.4, 0.5) is 0 Å². The van der Waals surface area contributed by atoms with Crippen LogP contribution in [0.3, 0.4) is 0 Å². The molecule has 158 valence electrons. The number of hydrogen-bond acceptors (Lipinski definition) is 3. The molecule has 0 spiro atoms. The lowest BCUT2D eigenvalue weighted by molar-refractivity contribution is 0.266. The third-order valence-electron chi connectivity index (χ3n) is 6.06. The zero-order valence-electron chi connectivity index (χ0n) is 18.5. The van der Waals surface area contributed by atoms with Gasteiger partial charge in [0.15, 0.2) is 0 Å². The van der Waals surface area contributed by atoms with Crippen molar-refractivity contribution in [3.8, 4) is 0 Å². The Balaban J connectivity index is 1.51. The minimum Gasteiger partial charge on any atom is -0.315 e. The number of benzene rings is 4. The molecule has 30 heavy (non-hydrogen) atoms. The first-order valence-electron chi connectivity index (χ1n) is 11.6. The molecule has 0 aliphatic rings. The molecule has 2 N–H and O–H groups in total. The Kier molecular flexibility index (Phi) is 7.16. The van der Waals surface area contributed by atoms with E-state index in [1.807, 2.05) is 0 Å². The van der Waals surface area contributed by atoms with E-state index in [2.05, 4.69) is 84.0 Å². The second-order valence-corrected chi connectivity index (χ2v) is 8.36. The molecule has 3 nitrogen and oxygen atoms in total. The molecule has 0 unspecified atom stereocenters. The van der Waals surface area contributed by atoms with Crippen molar-refractivity contribution in [3.05, 3.63) is 60.2 Å². The van der Waals surface area contributed by atoms with Gasteiger partial charge in [-0.15, -0.1) is 0 Å². The molecule has 0 fully saturated rings. The Morgan fingerprint density at radius 3 is 2.03 bits per heavy atom. The molecule has 0 saturated heterocycles. The van der Waals surface area contributed by atoms with Gasteiger partial charge >= 0.3 is 0 Å². The first-order chi connectivity index (χ1) is 14.8. The maximum atomic E-state index is 3.59. The van der Waals surface area contributed by atoms with E-state index in [-0.39, 0.29) is 0 Å². The van der Waals surface area contributed by atoms with E-state index in [1.165, 1.54) is 50.7 Å². The minimum absolute atomic E-state index is 1.01. The van der Waals surface area contributed by atoms with Crippen LogP contribution in [0.15, 0.2) is 54.6 Å². The maximum Gasteiger partial charge on any atom is 0.0240 e. The summed E-state index contributed by atoms with van der Waals surface area (Å²) in [5.74, 6) is 0. The van der Waals surface area contributed by atoms with Crippen LogP contribution in [0.1, 0.15) is 32.3 Å². The number of nitrogens with zero attached hydrogens (tertiary/aromatic N) is 1. The Morgan fingerprint density at radius 1 is 0.633 bits per heavy atom. The van der Waals surface area contributed by atoms with Gasteiger partial charge in [0.25, 0.3) is 0 Å². The van der Waals surface area contributed by atoms with Gasteiger partial charge in [0.05, 0.1) is 0 Å². The van der Waals surface area contributed by atoms with E-state index in [0.717, 1.165) is 45.8 Å². The van der Waals surface area contributed by atoms with Crippen LogP contribution < -0.4 is 10.6 Å². The van der Waals surface area contributed by atoms with E-state index in [4.69, 9.17) is 0 Å². The van der Waals surface area contributed by atoms with Crippen molar-refractivity contribution < 1.29 is 0 Å². The van der Waals surface area contributed by atoms with Crippen LogP contribution in [0.2, 0.25) is 0 Å². The summed E-state index contributed by atoms with van der Waals surface area (Å²) in [6.07, 6.45) is 2.38. The van der Waals surface area contributed by atoms with Crippen LogP contribution in [-0.4, -0.2) is 44.2 Å². The van der Waals surface area contributed by atoms with E-state index in [9.17, 15) is 0 Å². The molecular weight excluding hydrogens is 366 g/mol. The second-order valence-electron chi connectivity index (χ2n) is 8.36. The van der Waals surface area contributed by atoms with E-state index in [0.29, 0.717) is 0 Å². The molecular formula is C27H35N3. The lowest BCUT2D eigenvalue weighted by atomic mass is 9.92. The van der Waals surface area contributed by atoms with Crippen molar-refractivity contribution in [2.24, 2.45) is 0 Å². The summed E-state index contributed by atoms with van der Waals surface area (Å²) in [7, 11) is 0. The molecule has 0 aliphatic carbocycles. The van der Waals surface area contributed by atoms with Gasteiger partial charge < -0.3 is 10.6 Å². The van der Waals surface area contributed by atoms with Gasteiger partial charge in [-0.1, -0.05) is 68.4 Å². The Morgan fingerprint density at radius 2 is 1.30 bits per heavy atom. The highest BCUT2D eigenvalue weighted by atomic mass is 15.1. The molecule has 0 saturated carbocycles. The molecule has 4 aromatic carbocycles. The van der Waals surface area contributed by atoms with E-state index >= 15 is 0 Å². The average molecular weight is 402 g/mol. The van der Waals surface area contributed by atoms with Crippen LogP contribution in [0.5, 0.6) is 0 Å². The normalized spacial score (nSPS) is 12.1. The molecule has 0 atom stereocenters. The summed E-state index contributed by atoms with van der Waals surface area (Å²) < 4.78 is 0. The predicted molar refractivity (Wildman–Crippen MR) is 132 cm³/mol. The predicted octanol–water partition coefficient (Wildman–Crippen LogP) is 5.39. The quantitative estimate of drug-likeness (QED) is 0.246. The molecule has 0 heterocycles. The van der Waals surface area contributed by atoms with Crippen LogP contribution in [0, 0.1) is 0 Å². The van der Waals surface area contributed by atoms with Gasteiger partial charge in [0.1, 0.15) is 0 Å². The maximum absolute atomic E-state index is 3.59. The van der Waals surface area contributed by atoms with Crippen molar-refractivity contribution in [2.45, 2.75) is 33.2 Å². The van der Waals surface area contributed by atoms with Crippen LogP contribution in [0.25, 0.3) is 32.3 Å². The summed E-state index contributed by atoms with van der Waals surface area (Å²) in [5.41, 5.74) is 1.44. The molecule has 4 rings (SSSR count). The second kappa shape index (κ2) is 10.2. The zero-order chi connectivity index (χ0) is 20.8. The monoisotopic (exact) mass is 401 g/mol.